The molecule has 0 fully saturated rings. The van der Waals surface area contributed by atoms with Gasteiger partial charge in [-0.2, -0.15) is 0 Å². The maximum atomic E-state index is 5.97. The molecule has 17 heavy (non-hydrogen) atoms. The number of fused-ring (bicyclic) bond motifs is 1. The second-order valence-electron chi connectivity index (χ2n) is 4.47. The van der Waals surface area contributed by atoms with Gasteiger partial charge in [-0.25, -0.2) is 0 Å². The molecule has 2 nitrogen and oxygen atoms in total. The maximum Gasteiger partial charge on any atom is 0.134 e. The Bertz CT molecular complexity index is 506. The minimum atomic E-state index is 0.348. The predicted molar refractivity (Wildman–Crippen MR) is 72.8 cm³/mol. The zero-order valence-electron chi connectivity index (χ0n) is 10.5. The highest BCUT2D eigenvalue weighted by Crippen LogP contribution is 2.28. The summed E-state index contributed by atoms with van der Waals surface area (Å²) in [6.07, 6.45) is 0. The maximum absolute atomic E-state index is 5.97. The van der Waals surface area contributed by atoms with Crippen LogP contribution in [0.1, 0.15) is 32.4 Å². The monoisotopic (exact) mass is 251 g/mol. The van der Waals surface area contributed by atoms with Crippen LogP contribution < -0.4 is 5.32 Å². The molecule has 2 unspecified atom stereocenters. The largest absolute Gasteiger partial charge is 0.461 e. The van der Waals surface area contributed by atoms with Crippen LogP contribution in [0.4, 0.5) is 0 Å². The van der Waals surface area contributed by atoms with Crippen LogP contribution in [0.2, 0.25) is 5.02 Å². The van der Waals surface area contributed by atoms with E-state index >= 15 is 0 Å². The van der Waals surface area contributed by atoms with Gasteiger partial charge in [0.1, 0.15) is 11.3 Å². The van der Waals surface area contributed by atoms with Crippen molar-refractivity contribution in [2.45, 2.75) is 32.7 Å². The van der Waals surface area contributed by atoms with Crippen LogP contribution in [0.25, 0.3) is 11.0 Å². The number of hydrogen-bond donors (Lipinski definition) is 1. The molecule has 0 saturated carbocycles. The molecule has 0 aliphatic rings. The third kappa shape index (κ3) is 2.64. The van der Waals surface area contributed by atoms with Crippen molar-refractivity contribution in [1.82, 2.24) is 5.32 Å². The summed E-state index contributed by atoms with van der Waals surface area (Å²) in [6.45, 7) is 7.43. The van der Waals surface area contributed by atoms with E-state index in [9.17, 15) is 0 Å². The highest BCUT2D eigenvalue weighted by atomic mass is 35.5. The van der Waals surface area contributed by atoms with Crippen molar-refractivity contribution in [3.05, 3.63) is 35.0 Å². The minimum Gasteiger partial charge on any atom is -0.461 e. The molecule has 0 aliphatic heterocycles. The first-order valence-electron chi connectivity index (χ1n) is 6.04. The van der Waals surface area contributed by atoms with Crippen LogP contribution in [-0.4, -0.2) is 12.6 Å². The molecule has 0 aliphatic carbocycles. The summed E-state index contributed by atoms with van der Waals surface area (Å²) in [7, 11) is 0. The zero-order chi connectivity index (χ0) is 12.4. The van der Waals surface area contributed by atoms with E-state index in [0.717, 1.165) is 28.3 Å². The Morgan fingerprint density at radius 3 is 2.76 bits per heavy atom. The van der Waals surface area contributed by atoms with E-state index in [4.69, 9.17) is 16.0 Å². The fourth-order valence-corrected chi connectivity index (χ4v) is 2.18. The number of furan rings is 1. The quantitative estimate of drug-likeness (QED) is 0.882. The summed E-state index contributed by atoms with van der Waals surface area (Å²) < 4.78 is 5.85. The molecule has 0 bridgehead atoms. The fraction of sp³-hybridized carbons (Fsp3) is 0.429. The van der Waals surface area contributed by atoms with Gasteiger partial charge >= 0.3 is 0 Å². The summed E-state index contributed by atoms with van der Waals surface area (Å²) in [4.78, 5) is 0. The average molecular weight is 252 g/mol. The van der Waals surface area contributed by atoms with Gasteiger partial charge in [0.05, 0.1) is 0 Å². The summed E-state index contributed by atoms with van der Waals surface area (Å²) in [5.74, 6) is 1.36. The molecule has 2 rings (SSSR count). The van der Waals surface area contributed by atoms with E-state index in [1.807, 2.05) is 18.2 Å². The summed E-state index contributed by atoms with van der Waals surface area (Å²) in [5, 5.41) is 5.23. The number of hydrogen-bond acceptors (Lipinski definition) is 2. The molecule has 1 heterocycles. The summed E-state index contributed by atoms with van der Waals surface area (Å²) in [5.41, 5.74) is 0.903. The van der Waals surface area contributed by atoms with Gasteiger partial charge in [-0.05, 0) is 37.7 Å². The van der Waals surface area contributed by atoms with E-state index < -0.39 is 0 Å². The Morgan fingerprint density at radius 1 is 1.29 bits per heavy atom. The van der Waals surface area contributed by atoms with Crippen molar-refractivity contribution >= 4 is 22.6 Å². The number of nitrogens with one attached hydrogen (secondary N) is 1. The first kappa shape index (κ1) is 12.5. The normalized spacial score (nSPS) is 15.1. The number of benzene rings is 1. The van der Waals surface area contributed by atoms with Crippen molar-refractivity contribution < 1.29 is 4.42 Å². The SMILES string of the molecule is CCNC(C)C(C)c1cc2cc(Cl)ccc2o1. The van der Waals surface area contributed by atoms with Gasteiger partial charge in [0.15, 0.2) is 0 Å². The zero-order valence-corrected chi connectivity index (χ0v) is 11.2. The molecule has 1 aromatic carbocycles. The second kappa shape index (κ2) is 5.11. The van der Waals surface area contributed by atoms with E-state index in [-0.39, 0.29) is 0 Å². The summed E-state index contributed by atoms with van der Waals surface area (Å²) in [6, 6.07) is 8.20. The Labute approximate surface area is 107 Å². The average Bonchev–Trinajstić information content (AvgIpc) is 2.71. The highest BCUT2D eigenvalue weighted by molar-refractivity contribution is 6.31. The van der Waals surface area contributed by atoms with Crippen molar-refractivity contribution in [2.75, 3.05) is 6.54 Å². The van der Waals surface area contributed by atoms with Gasteiger partial charge in [-0.1, -0.05) is 25.4 Å². The molecule has 0 amide bonds. The standard InChI is InChI=1S/C14H18ClNO/c1-4-16-10(3)9(2)14-8-11-7-12(15)5-6-13(11)17-14/h5-10,16H,4H2,1-3H3. The number of rotatable bonds is 4. The van der Waals surface area contributed by atoms with Crippen molar-refractivity contribution in [2.24, 2.45) is 0 Å². The van der Waals surface area contributed by atoms with Gasteiger partial charge in [-0.3, -0.25) is 0 Å². The van der Waals surface area contributed by atoms with Crippen LogP contribution >= 0.6 is 11.6 Å². The Morgan fingerprint density at radius 2 is 2.06 bits per heavy atom. The molecule has 0 spiro atoms. The van der Waals surface area contributed by atoms with Gasteiger partial charge in [0.25, 0.3) is 0 Å². The lowest BCUT2D eigenvalue weighted by atomic mass is 10.0. The van der Waals surface area contributed by atoms with Gasteiger partial charge in [0, 0.05) is 22.4 Å². The van der Waals surface area contributed by atoms with E-state index in [0.29, 0.717) is 12.0 Å². The lowest BCUT2D eigenvalue weighted by Crippen LogP contribution is -2.30. The van der Waals surface area contributed by atoms with Crippen molar-refractivity contribution in [3.8, 4) is 0 Å². The van der Waals surface area contributed by atoms with Crippen LogP contribution in [0.3, 0.4) is 0 Å². The fourth-order valence-electron chi connectivity index (χ4n) is 2.00. The third-order valence-corrected chi connectivity index (χ3v) is 3.46. The molecule has 2 aromatic rings. The van der Waals surface area contributed by atoms with Gasteiger partial charge in [0.2, 0.25) is 0 Å². The van der Waals surface area contributed by atoms with E-state index in [2.05, 4.69) is 32.2 Å². The Balaban J connectivity index is 2.29. The molecule has 2 atom stereocenters. The summed E-state index contributed by atoms with van der Waals surface area (Å²) >= 11 is 5.97. The minimum absolute atomic E-state index is 0.348. The molecule has 1 N–H and O–H groups in total. The van der Waals surface area contributed by atoms with Crippen molar-refractivity contribution in [3.63, 3.8) is 0 Å². The van der Waals surface area contributed by atoms with Crippen molar-refractivity contribution in [1.29, 1.82) is 0 Å². The first-order valence-corrected chi connectivity index (χ1v) is 6.42. The Hall–Kier alpha value is -0.990. The van der Waals surface area contributed by atoms with Crippen LogP contribution in [-0.2, 0) is 0 Å². The predicted octanol–water partition coefficient (Wildman–Crippen LogP) is 4.19. The molecule has 0 radical (unpaired) electrons. The van der Waals surface area contributed by atoms with Crippen LogP contribution in [0.15, 0.2) is 28.7 Å². The molecule has 92 valence electrons. The molecule has 1 aromatic heterocycles. The second-order valence-corrected chi connectivity index (χ2v) is 4.90. The lowest BCUT2D eigenvalue weighted by molar-refractivity contribution is 0.422. The number of halogens is 1. The highest BCUT2D eigenvalue weighted by Gasteiger charge is 2.17. The van der Waals surface area contributed by atoms with Gasteiger partial charge in [-0.15, -0.1) is 0 Å². The van der Waals surface area contributed by atoms with Crippen LogP contribution in [0, 0.1) is 0 Å². The smallest absolute Gasteiger partial charge is 0.134 e. The molecular formula is C14H18ClNO. The first-order chi connectivity index (χ1) is 8.11. The molecule has 3 heteroatoms. The van der Waals surface area contributed by atoms with E-state index in [1.54, 1.807) is 0 Å². The topological polar surface area (TPSA) is 25.2 Å². The van der Waals surface area contributed by atoms with Gasteiger partial charge < -0.3 is 9.73 Å². The molecule has 0 saturated heterocycles. The Kier molecular flexibility index (Phi) is 3.75. The third-order valence-electron chi connectivity index (χ3n) is 3.22. The molecular weight excluding hydrogens is 234 g/mol. The lowest BCUT2D eigenvalue weighted by Gasteiger charge is -2.18. The van der Waals surface area contributed by atoms with Crippen LogP contribution in [0.5, 0.6) is 0 Å². The number of likely N-dealkylation sites (N-methyl/N-ethyl adjacent to an activating group) is 1. The van der Waals surface area contributed by atoms with E-state index in [1.165, 1.54) is 0 Å².